The Hall–Kier alpha value is -2.02. The predicted molar refractivity (Wildman–Crippen MR) is 87.0 cm³/mol. The fraction of sp³-hybridized carbons (Fsp3) is 0.235. The number of rotatable bonds is 4. The van der Waals surface area contributed by atoms with Gasteiger partial charge in [-0.05, 0) is 35.4 Å². The Kier molecular flexibility index (Phi) is 5.08. The minimum absolute atomic E-state index is 0.0668. The van der Waals surface area contributed by atoms with Gasteiger partial charge in [-0.1, -0.05) is 23.7 Å². The zero-order valence-corrected chi connectivity index (χ0v) is 13.4. The van der Waals surface area contributed by atoms with Crippen molar-refractivity contribution in [1.82, 2.24) is 16.2 Å². The van der Waals surface area contributed by atoms with Gasteiger partial charge in [0, 0.05) is 24.2 Å². The summed E-state index contributed by atoms with van der Waals surface area (Å²) in [4.78, 5) is 12.4. The first-order chi connectivity index (χ1) is 11.5. The SMILES string of the molecule is O=C(NCc1cc(F)cc(F)c1)C1CNNC1c1ccc(Cl)cc1. The van der Waals surface area contributed by atoms with Crippen LogP contribution in [0.1, 0.15) is 17.2 Å². The topological polar surface area (TPSA) is 53.2 Å². The molecule has 1 heterocycles. The molecule has 7 heteroatoms. The molecule has 3 N–H and O–H groups in total. The molecule has 4 nitrogen and oxygen atoms in total. The van der Waals surface area contributed by atoms with E-state index in [1.54, 1.807) is 12.1 Å². The van der Waals surface area contributed by atoms with Gasteiger partial charge < -0.3 is 5.32 Å². The van der Waals surface area contributed by atoms with Gasteiger partial charge in [0.2, 0.25) is 5.91 Å². The molecule has 1 aliphatic rings. The highest BCUT2D eigenvalue weighted by molar-refractivity contribution is 6.30. The molecule has 0 aromatic heterocycles. The second-order valence-electron chi connectivity index (χ2n) is 5.66. The molecule has 2 unspecified atom stereocenters. The molecule has 2 aromatic carbocycles. The van der Waals surface area contributed by atoms with Crippen molar-refractivity contribution < 1.29 is 13.6 Å². The van der Waals surface area contributed by atoms with Gasteiger partial charge in [0.25, 0.3) is 0 Å². The van der Waals surface area contributed by atoms with Crippen molar-refractivity contribution in [2.45, 2.75) is 12.6 Å². The number of halogens is 3. The first-order valence-corrected chi connectivity index (χ1v) is 7.87. The molecule has 3 rings (SSSR count). The van der Waals surface area contributed by atoms with E-state index in [1.165, 1.54) is 12.1 Å². The first-order valence-electron chi connectivity index (χ1n) is 7.49. The number of nitrogens with one attached hydrogen (secondary N) is 3. The lowest BCUT2D eigenvalue weighted by molar-refractivity contribution is -0.125. The summed E-state index contributed by atoms with van der Waals surface area (Å²) in [5, 5.41) is 3.35. The lowest BCUT2D eigenvalue weighted by Gasteiger charge is -2.18. The number of benzene rings is 2. The van der Waals surface area contributed by atoms with Gasteiger partial charge in [0.1, 0.15) is 11.6 Å². The Morgan fingerprint density at radius 2 is 1.83 bits per heavy atom. The third kappa shape index (κ3) is 3.90. The highest BCUT2D eigenvalue weighted by atomic mass is 35.5. The molecule has 0 saturated carbocycles. The molecular weight excluding hydrogens is 336 g/mol. The largest absolute Gasteiger partial charge is 0.352 e. The van der Waals surface area contributed by atoms with Gasteiger partial charge in [0.05, 0.1) is 12.0 Å². The Bertz CT molecular complexity index is 719. The number of amides is 1. The van der Waals surface area contributed by atoms with E-state index in [1.807, 2.05) is 12.1 Å². The average Bonchev–Trinajstić information content (AvgIpc) is 3.02. The molecule has 0 aliphatic carbocycles. The van der Waals surface area contributed by atoms with Crippen molar-refractivity contribution in [2.75, 3.05) is 6.54 Å². The number of carbonyl (C=O) groups excluding carboxylic acids is 1. The number of hydrogen-bond acceptors (Lipinski definition) is 3. The van der Waals surface area contributed by atoms with E-state index < -0.39 is 11.6 Å². The maximum Gasteiger partial charge on any atom is 0.226 e. The summed E-state index contributed by atoms with van der Waals surface area (Å²) in [5.74, 6) is -1.87. The van der Waals surface area contributed by atoms with Gasteiger partial charge in [-0.25, -0.2) is 14.2 Å². The zero-order valence-electron chi connectivity index (χ0n) is 12.7. The van der Waals surface area contributed by atoms with Crippen molar-refractivity contribution >= 4 is 17.5 Å². The zero-order chi connectivity index (χ0) is 17.1. The lowest BCUT2D eigenvalue weighted by atomic mass is 9.94. The summed E-state index contributed by atoms with van der Waals surface area (Å²) in [6.07, 6.45) is 0. The summed E-state index contributed by atoms with van der Waals surface area (Å²) in [6, 6.07) is 10.2. The fourth-order valence-corrected chi connectivity index (χ4v) is 2.89. The fourth-order valence-electron chi connectivity index (χ4n) is 2.76. The maximum atomic E-state index is 13.2. The summed E-state index contributed by atoms with van der Waals surface area (Å²) >= 11 is 5.88. The Morgan fingerprint density at radius 3 is 2.50 bits per heavy atom. The van der Waals surface area contributed by atoms with Crippen LogP contribution in [0.3, 0.4) is 0 Å². The third-order valence-electron chi connectivity index (χ3n) is 3.94. The third-order valence-corrected chi connectivity index (χ3v) is 4.19. The van der Waals surface area contributed by atoms with Crippen LogP contribution in [0.25, 0.3) is 0 Å². The molecule has 1 saturated heterocycles. The van der Waals surface area contributed by atoms with E-state index >= 15 is 0 Å². The highest BCUT2D eigenvalue weighted by Crippen LogP contribution is 2.26. The molecule has 1 amide bonds. The lowest BCUT2D eigenvalue weighted by Crippen LogP contribution is -2.34. The molecule has 1 fully saturated rings. The van der Waals surface area contributed by atoms with Gasteiger partial charge in [0.15, 0.2) is 0 Å². The van der Waals surface area contributed by atoms with E-state index in [0.717, 1.165) is 11.6 Å². The van der Waals surface area contributed by atoms with Crippen LogP contribution < -0.4 is 16.2 Å². The van der Waals surface area contributed by atoms with Gasteiger partial charge in [-0.15, -0.1) is 0 Å². The van der Waals surface area contributed by atoms with Crippen molar-refractivity contribution in [2.24, 2.45) is 5.92 Å². The van der Waals surface area contributed by atoms with Gasteiger partial charge in [-0.2, -0.15) is 0 Å². The van der Waals surface area contributed by atoms with E-state index in [4.69, 9.17) is 11.6 Å². The Morgan fingerprint density at radius 1 is 1.17 bits per heavy atom. The standard InChI is InChI=1S/C17H16ClF2N3O/c18-12-3-1-11(2-4-12)16-15(9-22-23-16)17(24)21-8-10-5-13(19)7-14(20)6-10/h1-7,15-16,22-23H,8-9H2,(H,21,24). The van der Waals surface area contributed by atoms with Crippen molar-refractivity contribution in [3.63, 3.8) is 0 Å². The molecule has 1 aliphatic heterocycles. The molecule has 126 valence electrons. The second-order valence-corrected chi connectivity index (χ2v) is 6.09. The Balaban J connectivity index is 1.66. The van der Waals surface area contributed by atoms with Crippen LogP contribution in [0.4, 0.5) is 8.78 Å². The van der Waals surface area contributed by atoms with E-state index in [0.29, 0.717) is 17.1 Å². The first kappa shape index (κ1) is 16.8. The van der Waals surface area contributed by atoms with Crippen LogP contribution >= 0.6 is 11.6 Å². The van der Waals surface area contributed by atoms with Gasteiger partial charge in [-0.3, -0.25) is 10.2 Å². The molecule has 0 bridgehead atoms. The normalized spacial score (nSPS) is 20.1. The molecule has 2 aromatic rings. The van der Waals surface area contributed by atoms with Crippen molar-refractivity contribution in [3.05, 3.63) is 70.2 Å². The monoisotopic (exact) mass is 351 g/mol. The summed E-state index contributed by atoms with van der Waals surface area (Å²) < 4.78 is 26.4. The predicted octanol–water partition coefficient (Wildman–Crippen LogP) is 2.70. The molecule has 0 spiro atoms. The summed E-state index contributed by atoms with van der Waals surface area (Å²) in [7, 11) is 0. The van der Waals surface area contributed by atoms with Crippen LogP contribution in [-0.2, 0) is 11.3 Å². The van der Waals surface area contributed by atoms with Crippen LogP contribution in [0.15, 0.2) is 42.5 Å². The van der Waals surface area contributed by atoms with E-state index in [2.05, 4.69) is 16.2 Å². The molecule has 0 radical (unpaired) electrons. The number of hydrogen-bond donors (Lipinski definition) is 3. The van der Waals surface area contributed by atoms with Crippen LogP contribution in [0.2, 0.25) is 5.02 Å². The minimum Gasteiger partial charge on any atom is -0.352 e. The average molecular weight is 352 g/mol. The van der Waals surface area contributed by atoms with E-state index in [9.17, 15) is 13.6 Å². The highest BCUT2D eigenvalue weighted by Gasteiger charge is 2.33. The Labute approximate surface area is 143 Å². The van der Waals surface area contributed by atoms with E-state index in [-0.39, 0.29) is 24.4 Å². The van der Waals surface area contributed by atoms with Crippen LogP contribution in [0.5, 0.6) is 0 Å². The minimum atomic E-state index is -0.664. The van der Waals surface area contributed by atoms with Crippen molar-refractivity contribution in [1.29, 1.82) is 0 Å². The van der Waals surface area contributed by atoms with Crippen LogP contribution in [-0.4, -0.2) is 12.5 Å². The van der Waals surface area contributed by atoms with Crippen molar-refractivity contribution in [3.8, 4) is 0 Å². The quantitative estimate of drug-likeness (QED) is 0.794. The number of carbonyl (C=O) groups is 1. The summed E-state index contributed by atoms with van der Waals surface area (Å²) in [6.45, 7) is 0.522. The molecular formula is C17H16ClF2N3O. The smallest absolute Gasteiger partial charge is 0.226 e. The van der Waals surface area contributed by atoms with Crippen LogP contribution in [0, 0.1) is 17.6 Å². The number of hydrazine groups is 1. The second kappa shape index (κ2) is 7.25. The summed E-state index contributed by atoms with van der Waals surface area (Å²) in [5.41, 5.74) is 7.34. The molecule has 2 atom stereocenters. The molecule has 24 heavy (non-hydrogen) atoms. The van der Waals surface area contributed by atoms with Gasteiger partial charge >= 0.3 is 0 Å². The maximum absolute atomic E-state index is 13.2.